The molecule has 4 nitrogen and oxygen atoms in total. The van der Waals surface area contributed by atoms with Crippen molar-refractivity contribution in [1.82, 2.24) is 9.55 Å². The number of nitrogens with zero attached hydrogens (tertiary/aromatic N) is 2. The van der Waals surface area contributed by atoms with Gasteiger partial charge in [0.25, 0.3) is 0 Å². The van der Waals surface area contributed by atoms with E-state index < -0.39 is 0 Å². The molecule has 1 heterocycles. The molecule has 102 valence electrons. The van der Waals surface area contributed by atoms with E-state index in [0.29, 0.717) is 0 Å². The molecule has 0 saturated heterocycles. The second-order valence-electron chi connectivity index (χ2n) is 5.48. The summed E-state index contributed by atoms with van der Waals surface area (Å²) in [4.78, 5) is 4.02. The number of hydrogen-bond donors (Lipinski definition) is 1. The molecule has 0 bridgehead atoms. The Morgan fingerprint density at radius 3 is 2.67 bits per heavy atom. The fraction of sp³-hybridized carbons (Fsp3) is 0.786. The minimum absolute atomic E-state index is 0.0640. The summed E-state index contributed by atoms with van der Waals surface area (Å²) in [6, 6.07) is 0. The average Bonchev–Trinajstić information content (AvgIpc) is 2.78. The topological polar surface area (TPSA) is 53.1 Å². The monoisotopic (exact) mass is 251 g/mol. The molecule has 0 radical (unpaired) electrons. The van der Waals surface area contributed by atoms with Crippen LogP contribution >= 0.6 is 0 Å². The highest BCUT2D eigenvalue weighted by Crippen LogP contribution is 2.25. The molecule has 18 heavy (non-hydrogen) atoms. The van der Waals surface area contributed by atoms with Crippen molar-refractivity contribution in [3.05, 3.63) is 18.7 Å². The second kappa shape index (κ2) is 6.90. The lowest BCUT2D eigenvalue weighted by molar-refractivity contribution is 0.0745. The summed E-state index contributed by atoms with van der Waals surface area (Å²) in [5.74, 6) is 0. The molecule has 1 saturated carbocycles. The van der Waals surface area contributed by atoms with Crippen molar-refractivity contribution in [1.29, 1.82) is 0 Å². The predicted molar refractivity (Wildman–Crippen MR) is 72.3 cm³/mol. The van der Waals surface area contributed by atoms with Crippen molar-refractivity contribution < 1.29 is 4.74 Å². The summed E-state index contributed by atoms with van der Waals surface area (Å²) in [5, 5.41) is 0. The third-order valence-electron chi connectivity index (χ3n) is 3.75. The normalized spacial score (nSPS) is 19.6. The molecule has 2 rings (SSSR count). The van der Waals surface area contributed by atoms with E-state index >= 15 is 0 Å². The van der Waals surface area contributed by atoms with Gasteiger partial charge in [-0.05, 0) is 19.3 Å². The molecule has 4 heteroatoms. The Hall–Kier alpha value is -0.870. The lowest BCUT2D eigenvalue weighted by Gasteiger charge is -2.27. The van der Waals surface area contributed by atoms with E-state index in [-0.39, 0.29) is 5.54 Å². The zero-order valence-electron chi connectivity index (χ0n) is 11.2. The van der Waals surface area contributed by atoms with Gasteiger partial charge in [-0.1, -0.05) is 25.7 Å². The highest BCUT2D eigenvalue weighted by molar-refractivity contribution is 4.85. The molecule has 0 amide bonds. The summed E-state index contributed by atoms with van der Waals surface area (Å²) >= 11 is 0. The fourth-order valence-corrected chi connectivity index (χ4v) is 2.62. The molecule has 1 aromatic rings. The Kier molecular flexibility index (Phi) is 5.20. The third-order valence-corrected chi connectivity index (χ3v) is 3.75. The largest absolute Gasteiger partial charge is 0.379 e. The fourth-order valence-electron chi connectivity index (χ4n) is 2.62. The lowest BCUT2D eigenvalue weighted by Crippen LogP contribution is -2.44. The van der Waals surface area contributed by atoms with Crippen molar-refractivity contribution in [2.45, 2.75) is 57.0 Å². The Morgan fingerprint density at radius 2 is 2.00 bits per heavy atom. The van der Waals surface area contributed by atoms with Gasteiger partial charge in [-0.25, -0.2) is 4.98 Å². The van der Waals surface area contributed by atoms with E-state index in [4.69, 9.17) is 10.5 Å². The SMILES string of the molecule is NC1(COCCCn2ccnc2)CCCCCC1. The first-order chi connectivity index (χ1) is 8.79. The standard InChI is InChI=1S/C14H25N3O/c15-14(6-3-1-2-4-7-14)12-18-11-5-9-17-10-8-16-13-17/h8,10,13H,1-7,9,11-12,15H2. The molecule has 0 spiro atoms. The van der Waals surface area contributed by atoms with Gasteiger partial charge >= 0.3 is 0 Å². The van der Waals surface area contributed by atoms with Crippen molar-refractivity contribution in [3.8, 4) is 0 Å². The van der Waals surface area contributed by atoms with Crippen LogP contribution in [0.2, 0.25) is 0 Å². The van der Waals surface area contributed by atoms with E-state index in [1.807, 2.05) is 12.5 Å². The smallest absolute Gasteiger partial charge is 0.0945 e. The molecule has 0 aliphatic heterocycles. The minimum atomic E-state index is -0.0640. The van der Waals surface area contributed by atoms with Gasteiger partial charge in [0.05, 0.1) is 12.9 Å². The first-order valence-corrected chi connectivity index (χ1v) is 7.11. The lowest BCUT2D eigenvalue weighted by atomic mass is 9.93. The molecule has 0 unspecified atom stereocenters. The quantitative estimate of drug-likeness (QED) is 0.623. The Morgan fingerprint density at radius 1 is 1.22 bits per heavy atom. The second-order valence-corrected chi connectivity index (χ2v) is 5.48. The average molecular weight is 251 g/mol. The zero-order valence-corrected chi connectivity index (χ0v) is 11.2. The van der Waals surface area contributed by atoms with Gasteiger partial charge in [0.2, 0.25) is 0 Å². The van der Waals surface area contributed by atoms with Gasteiger partial charge in [0, 0.05) is 31.1 Å². The van der Waals surface area contributed by atoms with Crippen LogP contribution in [0.3, 0.4) is 0 Å². The van der Waals surface area contributed by atoms with E-state index in [0.717, 1.165) is 39.0 Å². The molecule has 2 N–H and O–H groups in total. The minimum Gasteiger partial charge on any atom is -0.379 e. The summed E-state index contributed by atoms with van der Waals surface area (Å²) in [5.41, 5.74) is 6.33. The van der Waals surface area contributed by atoms with E-state index in [2.05, 4.69) is 9.55 Å². The van der Waals surface area contributed by atoms with Crippen LogP contribution in [0.1, 0.15) is 44.9 Å². The van der Waals surface area contributed by atoms with Crippen molar-refractivity contribution in [2.75, 3.05) is 13.2 Å². The van der Waals surface area contributed by atoms with Gasteiger partial charge in [-0.15, -0.1) is 0 Å². The van der Waals surface area contributed by atoms with Crippen LogP contribution in [0.4, 0.5) is 0 Å². The number of imidazole rings is 1. The molecule has 1 aliphatic rings. The Labute approximate surface area is 110 Å². The molecule has 0 aromatic carbocycles. The van der Waals surface area contributed by atoms with Crippen LogP contribution in [0.15, 0.2) is 18.7 Å². The summed E-state index contributed by atoms with van der Waals surface area (Å²) in [6.07, 6.45) is 14.1. The maximum Gasteiger partial charge on any atom is 0.0945 e. The maximum atomic E-state index is 6.40. The highest BCUT2D eigenvalue weighted by atomic mass is 16.5. The van der Waals surface area contributed by atoms with Crippen LogP contribution in [0.25, 0.3) is 0 Å². The maximum absolute atomic E-state index is 6.40. The highest BCUT2D eigenvalue weighted by Gasteiger charge is 2.26. The summed E-state index contributed by atoms with van der Waals surface area (Å²) < 4.78 is 7.85. The van der Waals surface area contributed by atoms with Crippen LogP contribution in [0, 0.1) is 0 Å². The van der Waals surface area contributed by atoms with Crippen LogP contribution < -0.4 is 5.73 Å². The molecule has 1 aromatic heterocycles. The Bertz CT molecular complexity index is 316. The third kappa shape index (κ3) is 4.42. The van der Waals surface area contributed by atoms with Crippen molar-refractivity contribution in [2.24, 2.45) is 5.73 Å². The van der Waals surface area contributed by atoms with Gasteiger partial charge in [-0.2, -0.15) is 0 Å². The number of ether oxygens (including phenoxy) is 1. The molecule has 0 atom stereocenters. The van der Waals surface area contributed by atoms with Crippen molar-refractivity contribution in [3.63, 3.8) is 0 Å². The van der Waals surface area contributed by atoms with Gasteiger partial charge in [0.1, 0.15) is 0 Å². The first-order valence-electron chi connectivity index (χ1n) is 7.11. The van der Waals surface area contributed by atoms with Gasteiger partial charge < -0.3 is 15.0 Å². The molecule has 1 aliphatic carbocycles. The Balaban J connectivity index is 1.59. The van der Waals surface area contributed by atoms with Gasteiger partial charge in [-0.3, -0.25) is 0 Å². The molecule has 1 fully saturated rings. The van der Waals surface area contributed by atoms with Crippen LogP contribution in [-0.2, 0) is 11.3 Å². The number of rotatable bonds is 6. The zero-order chi connectivity index (χ0) is 12.7. The predicted octanol–water partition coefficient (Wildman–Crippen LogP) is 2.34. The molecular formula is C14H25N3O. The van der Waals surface area contributed by atoms with Crippen molar-refractivity contribution >= 4 is 0 Å². The molecular weight excluding hydrogens is 226 g/mol. The summed E-state index contributed by atoms with van der Waals surface area (Å²) in [7, 11) is 0. The summed E-state index contributed by atoms with van der Waals surface area (Å²) in [6.45, 7) is 2.48. The van der Waals surface area contributed by atoms with Gasteiger partial charge in [0.15, 0.2) is 0 Å². The van der Waals surface area contributed by atoms with Crippen LogP contribution in [0.5, 0.6) is 0 Å². The van der Waals surface area contributed by atoms with E-state index in [1.165, 1.54) is 25.7 Å². The number of aromatic nitrogens is 2. The van der Waals surface area contributed by atoms with E-state index in [1.54, 1.807) is 6.20 Å². The number of nitrogens with two attached hydrogens (primary N) is 1. The number of aryl methyl sites for hydroxylation is 1. The first kappa shape index (κ1) is 13.6. The number of hydrogen-bond acceptors (Lipinski definition) is 3. The van der Waals surface area contributed by atoms with Crippen LogP contribution in [-0.4, -0.2) is 28.3 Å². The van der Waals surface area contributed by atoms with E-state index in [9.17, 15) is 0 Å².